The number of carboxylic acid groups (broad SMARTS) is 1. The second-order valence-corrected chi connectivity index (χ2v) is 4.78. The number of carbonyl (C=O) groups is 1. The monoisotopic (exact) mass is 264 g/mol. The van der Waals surface area contributed by atoms with Crippen LogP contribution in [0.3, 0.4) is 0 Å². The van der Waals surface area contributed by atoms with Crippen LogP contribution in [0.1, 0.15) is 25.7 Å². The van der Waals surface area contributed by atoms with Crippen LogP contribution in [0.4, 0.5) is 11.4 Å². The first-order valence-electron chi connectivity index (χ1n) is 6.32. The number of nitro groups is 1. The van der Waals surface area contributed by atoms with Crippen LogP contribution in [-0.4, -0.2) is 22.0 Å². The molecule has 2 N–H and O–H groups in total. The fourth-order valence-electron chi connectivity index (χ4n) is 2.49. The first-order chi connectivity index (χ1) is 9.08. The van der Waals surface area contributed by atoms with Gasteiger partial charge in [-0.15, -0.1) is 0 Å². The number of nitrogens with zero attached hydrogens (tertiary/aromatic N) is 1. The summed E-state index contributed by atoms with van der Waals surface area (Å²) < 4.78 is 0. The van der Waals surface area contributed by atoms with Gasteiger partial charge < -0.3 is 10.4 Å². The van der Waals surface area contributed by atoms with E-state index >= 15 is 0 Å². The minimum atomic E-state index is -0.779. The standard InChI is InChI=1S/C13H16N2O4/c16-13(17)11-3-1-2-4-12(11)14-9-5-7-10(8-6-9)15(18)19/h5-8,11-12,14H,1-4H2,(H,16,17). The van der Waals surface area contributed by atoms with Crippen LogP contribution in [0.25, 0.3) is 0 Å². The Morgan fingerprint density at radius 1 is 1.26 bits per heavy atom. The van der Waals surface area contributed by atoms with E-state index in [4.69, 9.17) is 0 Å². The van der Waals surface area contributed by atoms with E-state index in [1.165, 1.54) is 12.1 Å². The quantitative estimate of drug-likeness (QED) is 0.644. The SMILES string of the molecule is O=C(O)C1CCCCC1Nc1ccc([N+](=O)[O-])cc1. The number of non-ortho nitro benzene ring substituents is 1. The number of carboxylic acids is 1. The molecule has 0 bridgehead atoms. The van der Waals surface area contributed by atoms with Crippen molar-refractivity contribution in [1.82, 2.24) is 0 Å². The van der Waals surface area contributed by atoms with Gasteiger partial charge in [0.1, 0.15) is 0 Å². The van der Waals surface area contributed by atoms with Crippen molar-refractivity contribution >= 4 is 17.3 Å². The number of nitro benzene ring substituents is 1. The predicted octanol–water partition coefficient (Wildman–Crippen LogP) is 2.65. The van der Waals surface area contributed by atoms with Gasteiger partial charge in [-0.25, -0.2) is 0 Å². The average molecular weight is 264 g/mol. The average Bonchev–Trinajstić information content (AvgIpc) is 2.39. The summed E-state index contributed by atoms with van der Waals surface area (Å²) in [5.41, 5.74) is 0.757. The summed E-state index contributed by atoms with van der Waals surface area (Å²) >= 11 is 0. The lowest BCUT2D eigenvalue weighted by Gasteiger charge is -2.30. The van der Waals surface area contributed by atoms with Crippen LogP contribution in [-0.2, 0) is 4.79 Å². The van der Waals surface area contributed by atoms with Gasteiger partial charge in [-0.05, 0) is 25.0 Å². The molecule has 0 spiro atoms. The maximum atomic E-state index is 11.2. The van der Waals surface area contributed by atoms with Gasteiger partial charge in [-0.1, -0.05) is 12.8 Å². The number of nitrogens with one attached hydrogen (secondary N) is 1. The lowest BCUT2D eigenvalue weighted by molar-refractivity contribution is -0.384. The van der Waals surface area contributed by atoms with Crippen LogP contribution >= 0.6 is 0 Å². The Hall–Kier alpha value is -2.11. The number of rotatable bonds is 4. The second-order valence-electron chi connectivity index (χ2n) is 4.78. The van der Waals surface area contributed by atoms with Crippen molar-refractivity contribution in [2.24, 2.45) is 5.92 Å². The zero-order chi connectivity index (χ0) is 13.8. The third kappa shape index (κ3) is 3.21. The second kappa shape index (κ2) is 5.69. The summed E-state index contributed by atoms with van der Waals surface area (Å²) in [6, 6.07) is 5.96. The lowest BCUT2D eigenvalue weighted by Crippen LogP contribution is -2.37. The van der Waals surface area contributed by atoms with E-state index in [-0.39, 0.29) is 17.6 Å². The summed E-state index contributed by atoms with van der Waals surface area (Å²) in [7, 11) is 0. The van der Waals surface area contributed by atoms with E-state index < -0.39 is 10.9 Å². The van der Waals surface area contributed by atoms with Crippen molar-refractivity contribution < 1.29 is 14.8 Å². The van der Waals surface area contributed by atoms with Gasteiger partial charge in [0.25, 0.3) is 5.69 Å². The third-order valence-electron chi connectivity index (χ3n) is 3.51. The van der Waals surface area contributed by atoms with Gasteiger partial charge >= 0.3 is 5.97 Å². The third-order valence-corrected chi connectivity index (χ3v) is 3.51. The zero-order valence-corrected chi connectivity index (χ0v) is 10.4. The molecule has 6 nitrogen and oxygen atoms in total. The van der Waals surface area contributed by atoms with Crippen molar-refractivity contribution in [3.63, 3.8) is 0 Å². The smallest absolute Gasteiger partial charge is 0.308 e. The first kappa shape index (κ1) is 13.3. The van der Waals surface area contributed by atoms with Gasteiger partial charge in [0.15, 0.2) is 0 Å². The summed E-state index contributed by atoms with van der Waals surface area (Å²) in [6.45, 7) is 0. The van der Waals surface area contributed by atoms with Crippen LogP contribution in [0.5, 0.6) is 0 Å². The molecule has 1 aromatic carbocycles. The summed E-state index contributed by atoms with van der Waals surface area (Å²) in [6.07, 6.45) is 3.44. The number of anilines is 1. The maximum Gasteiger partial charge on any atom is 0.308 e. The Morgan fingerprint density at radius 3 is 2.47 bits per heavy atom. The highest BCUT2D eigenvalue weighted by molar-refractivity contribution is 5.72. The minimum absolute atomic E-state index is 0.0315. The normalized spacial score (nSPS) is 22.7. The zero-order valence-electron chi connectivity index (χ0n) is 10.4. The Kier molecular flexibility index (Phi) is 3.99. The molecular weight excluding hydrogens is 248 g/mol. The van der Waals surface area contributed by atoms with E-state index in [0.29, 0.717) is 6.42 Å². The van der Waals surface area contributed by atoms with Crippen LogP contribution in [0, 0.1) is 16.0 Å². The fourth-order valence-corrected chi connectivity index (χ4v) is 2.49. The summed E-state index contributed by atoms with van der Waals surface area (Å²) in [5.74, 6) is -1.16. The Labute approximate surface area is 110 Å². The molecule has 0 heterocycles. The van der Waals surface area contributed by atoms with E-state index in [9.17, 15) is 20.0 Å². The fraction of sp³-hybridized carbons (Fsp3) is 0.462. The molecule has 0 amide bonds. The first-order valence-corrected chi connectivity index (χ1v) is 6.32. The summed E-state index contributed by atoms with van der Waals surface area (Å²) in [5, 5.41) is 22.9. The van der Waals surface area contributed by atoms with Crippen molar-refractivity contribution in [1.29, 1.82) is 0 Å². The van der Waals surface area contributed by atoms with Crippen molar-refractivity contribution in [3.05, 3.63) is 34.4 Å². The molecule has 1 aromatic rings. The summed E-state index contributed by atoms with van der Waals surface area (Å²) in [4.78, 5) is 21.3. The van der Waals surface area contributed by atoms with E-state index in [2.05, 4.69) is 5.32 Å². The molecule has 2 rings (SSSR count). The van der Waals surface area contributed by atoms with Crippen molar-refractivity contribution in [3.8, 4) is 0 Å². The van der Waals surface area contributed by atoms with Crippen LogP contribution in [0.15, 0.2) is 24.3 Å². The number of hydrogen-bond acceptors (Lipinski definition) is 4. The Balaban J connectivity index is 2.06. The molecule has 0 aliphatic heterocycles. The van der Waals surface area contributed by atoms with Gasteiger partial charge in [0, 0.05) is 23.9 Å². The highest BCUT2D eigenvalue weighted by atomic mass is 16.6. The van der Waals surface area contributed by atoms with E-state index in [1.807, 2.05) is 0 Å². The molecule has 1 saturated carbocycles. The van der Waals surface area contributed by atoms with Gasteiger partial charge in [0.2, 0.25) is 0 Å². The Bertz CT molecular complexity index is 472. The van der Waals surface area contributed by atoms with E-state index in [1.54, 1.807) is 12.1 Å². The molecule has 0 radical (unpaired) electrons. The van der Waals surface area contributed by atoms with Gasteiger partial charge in [0.05, 0.1) is 10.8 Å². The molecular formula is C13H16N2O4. The minimum Gasteiger partial charge on any atom is -0.481 e. The lowest BCUT2D eigenvalue weighted by atomic mass is 9.84. The predicted molar refractivity (Wildman–Crippen MR) is 70.1 cm³/mol. The molecule has 1 aliphatic carbocycles. The van der Waals surface area contributed by atoms with Gasteiger partial charge in [-0.2, -0.15) is 0 Å². The molecule has 1 fully saturated rings. The molecule has 1 aliphatic rings. The highest BCUT2D eigenvalue weighted by Crippen LogP contribution is 2.28. The molecule has 102 valence electrons. The highest BCUT2D eigenvalue weighted by Gasteiger charge is 2.30. The number of aliphatic carboxylic acids is 1. The van der Waals surface area contributed by atoms with Crippen LogP contribution in [0.2, 0.25) is 0 Å². The molecule has 0 saturated heterocycles. The van der Waals surface area contributed by atoms with Crippen LogP contribution < -0.4 is 5.32 Å². The molecule has 6 heteroatoms. The number of benzene rings is 1. The molecule has 2 unspecified atom stereocenters. The molecule has 19 heavy (non-hydrogen) atoms. The number of hydrogen-bond donors (Lipinski definition) is 2. The van der Waals surface area contributed by atoms with Crippen molar-refractivity contribution in [2.45, 2.75) is 31.7 Å². The van der Waals surface area contributed by atoms with Gasteiger partial charge in [-0.3, -0.25) is 14.9 Å². The van der Waals surface area contributed by atoms with Crippen molar-refractivity contribution in [2.75, 3.05) is 5.32 Å². The Morgan fingerprint density at radius 2 is 1.89 bits per heavy atom. The van der Waals surface area contributed by atoms with E-state index in [0.717, 1.165) is 24.9 Å². The largest absolute Gasteiger partial charge is 0.481 e. The molecule has 0 aromatic heterocycles. The maximum absolute atomic E-state index is 11.2. The topological polar surface area (TPSA) is 92.5 Å². The molecule has 2 atom stereocenters.